The van der Waals surface area contributed by atoms with Crippen LogP contribution in [0.1, 0.15) is 21.6 Å². The van der Waals surface area contributed by atoms with Crippen LogP contribution in [0.4, 0.5) is 0 Å². The Bertz CT molecular complexity index is 986. The van der Waals surface area contributed by atoms with Crippen molar-refractivity contribution in [1.29, 1.82) is 0 Å². The molecular formula is C24H20N2O2. The number of hydrogen-bond donors (Lipinski definition) is 0. The SMILES string of the molecule is O=C(c1cc(-c2ccccc2)on1)N(Cc1ccccc1)Cc1ccccc1. The fourth-order valence-corrected chi connectivity index (χ4v) is 3.08. The van der Waals surface area contributed by atoms with Gasteiger partial charge >= 0.3 is 0 Å². The van der Waals surface area contributed by atoms with Gasteiger partial charge in [0.05, 0.1) is 0 Å². The lowest BCUT2D eigenvalue weighted by Gasteiger charge is -2.22. The molecule has 4 heteroatoms. The lowest BCUT2D eigenvalue weighted by atomic mass is 10.1. The van der Waals surface area contributed by atoms with E-state index in [-0.39, 0.29) is 5.91 Å². The van der Waals surface area contributed by atoms with Crippen LogP contribution in [0.5, 0.6) is 0 Å². The monoisotopic (exact) mass is 368 g/mol. The van der Waals surface area contributed by atoms with E-state index in [1.165, 1.54) is 0 Å². The van der Waals surface area contributed by atoms with Crippen LogP contribution >= 0.6 is 0 Å². The maximum atomic E-state index is 13.2. The van der Waals surface area contributed by atoms with Gasteiger partial charge in [0.25, 0.3) is 5.91 Å². The van der Waals surface area contributed by atoms with Crippen molar-refractivity contribution < 1.29 is 9.32 Å². The smallest absolute Gasteiger partial charge is 0.276 e. The van der Waals surface area contributed by atoms with E-state index in [0.717, 1.165) is 16.7 Å². The zero-order valence-electron chi connectivity index (χ0n) is 15.4. The first-order valence-electron chi connectivity index (χ1n) is 9.19. The van der Waals surface area contributed by atoms with E-state index in [9.17, 15) is 4.79 Å². The van der Waals surface area contributed by atoms with Gasteiger partial charge in [0.15, 0.2) is 11.5 Å². The zero-order valence-corrected chi connectivity index (χ0v) is 15.4. The molecule has 0 unspecified atom stereocenters. The second-order valence-corrected chi connectivity index (χ2v) is 6.57. The van der Waals surface area contributed by atoms with Crippen molar-refractivity contribution in [2.24, 2.45) is 0 Å². The number of aromatic nitrogens is 1. The summed E-state index contributed by atoms with van der Waals surface area (Å²) in [6.07, 6.45) is 0. The van der Waals surface area contributed by atoms with Gasteiger partial charge in [-0.15, -0.1) is 0 Å². The highest BCUT2D eigenvalue weighted by molar-refractivity contribution is 5.93. The van der Waals surface area contributed by atoms with E-state index in [1.54, 1.807) is 11.0 Å². The van der Waals surface area contributed by atoms with E-state index in [4.69, 9.17) is 4.52 Å². The fourth-order valence-electron chi connectivity index (χ4n) is 3.08. The first kappa shape index (κ1) is 17.7. The lowest BCUT2D eigenvalue weighted by Crippen LogP contribution is -2.30. The largest absolute Gasteiger partial charge is 0.355 e. The highest BCUT2D eigenvalue weighted by atomic mass is 16.5. The molecule has 1 aromatic heterocycles. The van der Waals surface area contributed by atoms with Gasteiger partial charge in [-0.25, -0.2) is 0 Å². The molecule has 0 aliphatic heterocycles. The van der Waals surface area contributed by atoms with Gasteiger partial charge < -0.3 is 9.42 Å². The van der Waals surface area contributed by atoms with E-state index < -0.39 is 0 Å². The van der Waals surface area contributed by atoms with E-state index >= 15 is 0 Å². The number of benzene rings is 3. The van der Waals surface area contributed by atoms with Gasteiger partial charge in [-0.3, -0.25) is 4.79 Å². The molecule has 138 valence electrons. The molecule has 3 aromatic carbocycles. The molecule has 1 amide bonds. The van der Waals surface area contributed by atoms with Crippen LogP contribution in [-0.4, -0.2) is 16.0 Å². The molecule has 0 N–H and O–H groups in total. The van der Waals surface area contributed by atoms with Gasteiger partial charge in [0.2, 0.25) is 0 Å². The van der Waals surface area contributed by atoms with Crippen LogP contribution in [0.3, 0.4) is 0 Å². The molecule has 0 radical (unpaired) electrons. The van der Waals surface area contributed by atoms with E-state index in [1.807, 2.05) is 91.0 Å². The third kappa shape index (κ3) is 4.18. The van der Waals surface area contributed by atoms with Crippen molar-refractivity contribution in [2.45, 2.75) is 13.1 Å². The molecule has 28 heavy (non-hydrogen) atoms. The molecule has 4 nitrogen and oxygen atoms in total. The van der Waals surface area contributed by atoms with Crippen molar-refractivity contribution in [1.82, 2.24) is 10.1 Å². The molecule has 0 atom stereocenters. The quantitative estimate of drug-likeness (QED) is 0.471. The zero-order chi connectivity index (χ0) is 19.2. The van der Waals surface area contributed by atoms with Gasteiger partial charge in [-0.05, 0) is 11.1 Å². The molecule has 0 bridgehead atoms. The first-order valence-corrected chi connectivity index (χ1v) is 9.19. The number of amides is 1. The Morgan fingerprint density at radius 2 is 1.25 bits per heavy atom. The number of carbonyl (C=O) groups is 1. The highest BCUT2D eigenvalue weighted by Gasteiger charge is 2.21. The normalized spacial score (nSPS) is 10.6. The topological polar surface area (TPSA) is 46.3 Å². The summed E-state index contributed by atoms with van der Waals surface area (Å²) in [4.78, 5) is 15.0. The third-order valence-corrected chi connectivity index (χ3v) is 4.51. The molecule has 0 fully saturated rings. The highest BCUT2D eigenvalue weighted by Crippen LogP contribution is 2.21. The third-order valence-electron chi connectivity index (χ3n) is 4.51. The Morgan fingerprint density at radius 1 is 0.750 bits per heavy atom. The molecule has 0 spiro atoms. The minimum Gasteiger partial charge on any atom is -0.355 e. The Balaban J connectivity index is 1.60. The molecule has 4 aromatic rings. The summed E-state index contributed by atoms with van der Waals surface area (Å²) in [6.45, 7) is 1.00. The molecule has 0 aliphatic rings. The average Bonchev–Trinajstić information content (AvgIpc) is 3.25. The second-order valence-electron chi connectivity index (χ2n) is 6.57. The summed E-state index contributed by atoms with van der Waals surface area (Å²) < 4.78 is 5.42. The summed E-state index contributed by atoms with van der Waals surface area (Å²) >= 11 is 0. The molecule has 0 aliphatic carbocycles. The van der Waals surface area contributed by atoms with Crippen LogP contribution < -0.4 is 0 Å². The van der Waals surface area contributed by atoms with Gasteiger partial charge in [-0.2, -0.15) is 0 Å². The number of carbonyl (C=O) groups excluding carboxylic acids is 1. The summed E-state index contributed by atoms with van der Waals surface area (Å²) in [5.41, 5.74) is 3.34. The van der Waals surface area contributed by atoms with Gasteiger partial charge in [0.1, 0.15) is 0 Å². The minimum atomic E-state index is -0.154. The summed E-state index contributed by atoms with van der Waals surface area (Å²) in [5.74, 6) is 0.432. The van der Waals surface area contributed by atoms with Crippen LogP contribution in [0.2, 0.25) is 0 Å². The maximum absolute atomic E-state index is 13.2. The van der Waals surface area contributed by atoms with E-state index in [2.05, 4.69) is 5.16 Å². The summed E-state index contributed by atoms with van der Waals surface area (Å²) in [5, 5.41) is 4.03. The van der Waals surface area contributed by atoms with Crippen LogP contribution in [0.25, 0.3) is 11.3 Å². The summed E-state index contributed by atoms with van der Waals surface area (Å²) in [6, 6.07) is 31.3. The summed E-state index contributed by atoms with van der Waals surface area (Å²) in [7, 11) is 0. The molecule has 0 saturated heterocycles. The van der Waals surface area contributed by atoms with Gasteiger partial charge in [-0.1, -0.05) is 96.2 Å². The van der Waals surface area contributed by atoms with Crippen molar-refractivity contribution in [3.8, 4) is 11.3 Å². The predicted molar refractivity (Wildman–Crippen MR) is 108 cm³/mol. The number of nitrogens with zero attached hydrogens (tertiary/aromatic N) is 2. The van der Waals surface area contributed by atoms with Gasteiger partial charge in [0, 0.05) is 24.7 Å². The molecule has 4 rings (SSSR count). The fraction of sp³-hybridized carbons (Fsp3) is 0.0833. The van der Waals surface area contributed by atoms with Crippen molar-refractivity contribution in [2.75, 3.05) is 0 Å². The van der Waals surface area contributed by atoms with Crippen molar-refractivity contribution in [3.05, 3.63) is 114 Å². The standard InChI is InChI=1S/C24H20N2O2/c27-24(22-16-23(28-25-22)21-14-8-3-9-15-21)26(17-19-10-4-1-5-11-19)18-20-12-6-2-7-13-20/h1-16H,17-18H2. The van der Waals surface area contributed by atoms with Crippen molar-refractivity contribution in [3.63, 3.8) is 0 Å². The Morgan fingerprint density at radius 3 is 1.79 bits per heavy atom. The second kappa shape index (κ2) is 8.35. The number of rotatable bonds is 6. The lowest BCUT2D eigenvalue weighted by molar-refractivity contribution is 0.0719. The van der Waals surface area contributed by atoms with Crippen LogP contribution in [0.15, 0.2) is 102 Å². The van der Waals surface area contributed by atoms with Crippen LogP contribution in [-0.2, 0) is 13.1 Å². The molecule has 1 heterocycles. The average molecular weight is 368 g/mol. The Labute approximate surface area is 164 Å². The minimum absolute atomic E-state index is 0.154. The Hall–Kier alpha value is -3.66. The Kier molecular flexibility index (Phi) is 5.29. The molecular weight excluding hydrogens is 348 g/mol. The number of hydrogen-bond acceptors (Lipinski definition) is 3. The van der Waals surface area contributed by atoms with Crippen molar-refractivity contribution >= 4 is 5.91 Å². The maximum Gasteiger partial charge on any atom is 0.276 e. The predicted octanol–water partition coefficient (Wildman–Crippen LogP) is 5.18. The van der Waals surface area contributed by atoms with Crippen LogP contribution in [0, 0.1) is 0 Å². The first-order chi connectivity index (χ1) is 13.8. The van der Waals surface area contributed by atoms with E-state index in [0.29, 0.717) is 24.5 Å². The molecule has 0 saturated carbocycles.